The van der Waals surface area contributed by atoms with Crippen LogP contribution in [0.2, 0.25) is 0 Å². The average molecular weight is 319 g/mol. The summed E-state index contributed by atoms with van der Waals surface area (Å²) in [5, 5.41) is 3.24. The molecule has 1 aliphatic carbocycles. The van der Waals surface area contributed by atoms with Gasteiger partial charge in [-0.05, 0) is 71.1 Å². The average Bonchev–Trinajstić information content (AvgIpc) is 2.66. The number of ketones is 1. The number of carbonyl (C=O) groups is 1. The van der Waals surface area contributed by atoms with Crippen LogP contribution in [-0.2, 0) is 14.1 Å². The zero-order valence-electron chi connectivity index (χ0n) is 15.5. The quantitative estimate of drug-likeness (QED) is 0.812. The van der Waals surface area contributed by atoms with Gasteiger partial charge in [0, 0.05) is 12.5 Å². The number of nitrogens with one attached hydrogen (secondary N) is 1. The summed E-state index contributed by atoms with van der Waals surface area (Å²) < 4.78 is 12.5. The van der Waals surface area contributed by atoms with Gasteiger partial charge in [0.2, 0.25) is 0 Å². The first-order chi connectivity index (χ1) is 10.6. The zero-order chi connectivity index (χ0) is 17.4. The molecule has 1 saturated heterocycles. The SMILES string of the molecule is CN[C@@H](C)C1=C/C(=O)CCC(C)/C=C\1B1OC(C)(C)C(C)(C)O1. The second-order valence-corrected chi connectivity index (χ2v) is 7.80. The summed E-state index contributed by atoms with van der Waals surface area (Å²) in [4.78, 5) is 12.2. The van der Waals surface area contributed by atoms with Gasteiger partial charge in [-0.15, -0.1) is 0 Å². The molecule has 4 nitrogen and oxygen atoms in total. The molecule has 23 heavy (non-hydrogen) atoms. The molecule has 2 aliphatic rings. The molecule has 0 aromatic rings. The van der Waals surface area contributed by atoms with E-state index in [2.05, 4.69) is 52.9 Å². The minimum Gasteiger partial charge on any atom is -0.399 e. The highest BCUT2D eigenvalue weighted by molar-refractivity contribution is 6.56. The minimum absolute atomic E-state index is 0.0644. The number of likely N-dealkylation sites (N-methyl/N-ethyl adjacent to an activating group) is 1. The van der Waals surface area contributed by atoms with Gasteiger partial charge >= 0.3 is 7.12 Å². The third-order valence-corrected chi connectivity index (χ3v) is 5.37. The van der Waals surface area contributed by atoms with Crippen LogP contribution in [0, 0.1) is 5.92 Å². The third-order valence-electron chi connectivity index (χ3n) is 5.37. The van der Waals surface area contributed by atoms with Crippen molar-refractivity contribution in [2.75, 3.05) is 7.05 Å². The lowest BCUT2D eigenvalue weighted by Gasteiger charge is -2.32. The number of rotatable bonds is 3. The number of allylic oxidation sites excluding steroid dienone is 2. The minimum atomic E-state index is -0.435. The predicted octanol–water partition coefficient (Wildman–Crippen LogP) is 3.08. The van der Waals surface area contributed by atoms with E-state index in [1.54, 1.807) is 6.08 Å². The molecule has 0 bridgehead atoms. The van der Waals surface area contributed by atoms with E-state index in [9.17, 15) is 4.79 Å². The van der Waals surface area contributed by atoms with Gasteiger partial charge in [-0.25, -0.2) is 0 Å². The molecule has 2 atom stereocenters. The molecule has 5 heteroatoms. The van der Waals surface area contributed by atoms with Crippen LogP contribution in [0.3, 0.4) is 0 Å². The van der Waals surface area contributed by atoms with Crippen LogP contribution in [0.1, 0.15) is 54.4 Å². The standard InChI is InChI=1S/C18H30BNO3/c1-12-8-9-14(21)11-15(13(2)20-7)16(10-12)19-22-17(3,4)18(5,6)23-19/h10-13,20H,8-9H2,1-7H3/b15-11-,16-10+/t12?,13-/m0/s1. The van der Waals surface area contributed by atoms with Gasteiger partial charge in [-0.2, -0.15) is 0 Å². The molecular formula is C18H30BNO3. The van der Waals surface area contributed by atoms with Crippen molar-refractivity contribution in [2.24, 2.45) is 5.92 Å². The van der Waals surface area contributed by atoms with Crippen LogP contribution in [0.4, 0.5) is 0 Å². The Morgan fingerprint density at radius 3 is 2.35 bits per heavy atom. The van der Waals surface area contributed by atoms with Crippen LogP contribution in [0.5, 0.6) is 0 Å². The van der Waals surface area contributed by atoms with E-state index >= 15 is 0 Å². The molecule has 128 valence electrons. The van der Waals surface area contributed by atoms with E-state index in [1.807, 2.05) is 7.05 Å². The Bertz CT molecular complexity index is 520. The summed E-state index contributed by atoms with van der Waals surface area (Å²) in [5.41, 5.74) is 1.19. The van der Waals surface area contributed by atoms with Crippen molar-refractivity contribution < 1.29 is 14.1 Å². The van der Waals surface area contributed by atoms with Crippen LogP contribution in [-0.4, -0.2) is 37.2 Å². The summed E-state index contributed by atoms with van der Waals surface area (Å²) in [5.74, 6) is 0.497. The summed E-state index contributed by atoms with van der Waals surface area (Å²) in [6.45, 7) is 12.4. The fourth-order valence-electron chi connectivity index (χ4n) is 2.90. The van der Waals surface area contributed by atoms with E-state index < -0.39 is 7.12 Å². The molecule has 1 fully saturated rings. The van der Waals surface area contributed by atoms with Crippen LogP contribution in [0.25, 0.3) is 0 Å². The van der Waals surface area contributed by atoms with Crippen molar-refractivity contribution in [3.8, 4) is 0 Å². The second kappa shape index (κ2) is 6.54. The summed E-state index contributed by atoms with van der Waals surface area (Å²) >= 11 is 0. The Morgan fingerprint density at radius 2 is 1.83 bits per heavy atom. The van der Waals surface area contributed by atoms with E-state index in [4.69, 9.17) is 9.31 Å². The van der Waals surface area contributed by atoms with Crippen molar-refractivity contribution in [3.05, 3.63) is 23.2 Å². The Balaban J connectivity index is 2.44. The van der Waals surface area contributed by atoms with Gasteiger partial charge in [-0.3, -0.25) is 4.79 Å². The van der Waals surface area contributed by atoms with Crippen LogP contribution < -0.4 is 5.32 Å². The van der Waals surface area contributed by atoms with Gasteiger partial charge < -0.3 is 14.6 Å². The van der Waals surface area contributed by atoms with Crippen molar-refractivity contribution in [1.29, 1.82) is 0 Å². The fourth-order valence-corrected chi connectivity index (χ4v) is 2.90. The molecule has 0 aromatic carbocycles. The molecule has 1 heterocycles. The first-order valence-electron chi connectivity index (χ1n) is 8.57. The lowest BCUT2D eigenvalue weighted by molar-refractivity contribution is -0.114. The molecule has 1 N–H and O–H groups in total. The van der Waals surface area contributed by atoms with Gasteiger partial charge in [-0.1, -0.05) is 13.0 Å². The van der Waals surface area contributed by atoms with Crippen LogP contribution in [0.15, 0.2) is 23.2 Å². The van der Waals surface area contributed by atoms with Gasteiger partial charge in [0.05, 0.1) is 11.2 Å². The molecule has 0 amide bonds. The Kier molecular flexibility index (Phi) is 5.24. The normalized spacial score (nSPS) is 33.3. The molecule has 0 aromatic heterocycles. The number of hydrogen-bond donors (Lipinski definition) is 1. The molecule has 0 radical (unpaired) electrons. The Labute approximate surface area is 140 Å². The molecule has 1 unspecified atom stereocenters. The molecule has 0 spiro atoms. The molecule has 2 rings (SSSR count). The topological polar surface area (TPSA) is 47.6 Å². The maximum absolute atomic E-state index is 12.2. The predicted molar refractivity (Wildman–Crippen MR) is 94.2 cm³/mol. The van der Waals surface area contributed by atoms with E-state index in [0.717, 1.165) is 17.5 Å². The van der Waals surface area contributed by atoms with E-state index in [0.29, 0.717) is 12.3 Å². The fraction of sp³-hybridized carbons (Fsp3) is 0.722. The Hall–Kier alpha value is -0.905. The zero-order valence-corrected chi connectivity index (χ0v) is 15.5. The maximum atomic E-state index is 12.2. The lowest BCUT2D eigenvalue weighted by atomic mass is 9.69. The number of hydrogen-bond acceptors (Lipinski definition) is 4. The van der Waals surface area contributed by atoms with Gasteiger partial charge in [0.1, 0.15) is 0 Å². The molecular weight excluding hydrogens is 289 g/mol. The highest BCUT2D eigenvalue weighted by Crippen LogP contribution is 2.40. The molecule has 1 aliphatic heterocycles. The monoisotopic (exact) mass is 319 g/mol. The number of carbonyl (C=O) groups excluding carboxylic acids is 1. The van der Waals surface area contributed by atoms with Crippen LogP contribution >= 0.6 is 0 Å². The van der Waals surface area contributed by atoms with Gasteiger partial charge in [0.15, 0.2) is 5.78 Å². The largest absolute Gasteiger partial charge is 0.494 e. The highest BCUT2D eigenvalue weighted by Gasteiger charge is 2.53. The van der Waals surface area contributed by atoms with Crippen molar-refractivity contribution in [2.45, 2.75) is 71.6 Å². The van der Waals surface area contributed by atoms with Crippen molar-refractivity contribution >= 4 is 12.9 Å². The summed E-state index contributed by atoms with van der Waals surface area (Å²) in [6, 6.07) is 0.0644. The smallest absolute Gasteiger partial charge is 0.399 e. The van der Waals surface area contributed by atoms with Crippen molar-refractivity contribution in [3.63, 3.8) is 0 Å². The second-order valence-electron chi connectivity index (χ2n) is 7.80. The highest BCUT2D eigenvalue weighted by atomic mass is 16.7. The Morgan fingerprint density at radius 1 is 1.26 bits per heavy atom. The first-order valence-corrected chi connectivity index (χ1v) is 8.57. The van der Waals surface area contributed by atoms with Crippen molar-refractivity contribution in [1.82, 2.24) is 5.32 Å². The first kappa shape index (κ1) is 18.4. The molecule has 0 saturated carbocycles. The van der Waals surface area contributed by atoms with E-state index in [-0.39, 0.29) is 23.0 Å². The summed E-state index contributed by atoms with van der Waals surface area (Å²) in [7, 11) is 1.47. The van der Waals surface area contributed by atoms with E-state index in [1.165, 1.54) is 0 Å². The van der Waals surface area contributed by atoms with Gasteiger partial charge in [0.25, 0.3) is 0 Å². The maximum Gasteiger partial charge on any atom is 0.494 e. The summed E-state index contributed by atoms with van der Waals surface area (Å²) in [6.07, 6.45) is 5.44. The third kappa shape index (κ3) is 3.78. The lowest BCUT2D eigenvalue weighted by Crippen LogP contribution is -2.41.